The number of para-hydroxylation sites is 2. The van der Waals surface area contributed by atoms with Crippen LogP contribution >= 0.6 is 0 Å². The van der Waals surface area contributed by atoms with Gasteiger partial charge in [0, 0.05) is 30.4 Å². The molecule has 5 heteroatoms. The Morgan fingerprint density at radius 2 is 1.79 bits per heavy atom. The van der Waals surface area contributed by atoms with E-state index in [9.17, 15) is 9.59 Å². The minimum Gasteiger partial charge on any atom is -0.326 e. The SMILES string of the molecule is CN(Cc1ccccc1NC(=O)[C@H]1CC(=O)Nc2ccccc21)C1CCCCC1. The molecule has 2 aromatic rings. The molecule has 1 aliphatic heterocycles. The summed E-state index contributed by atoms with van der Waals surface area (Å²) < 4.78 is 0. The number of carbonyl (C=O) groups is 2. The fourth-order valence-electron chi connectivity index (χ4n) is 4.56. The van der Waals surface area contributed by atoms with Gasteiger partial charge in [-0.2, -0.15) is 0 Å². The standard InChI is InChI=1S/C24H29N3O2/c1-27(18-10-3-2-4-11-18)16-17-9-5-7-13-21(17)26-24(29)20-15-23(28)25-22-14-8-6-12-19(20)22/h5-9,12-14,18,20H,2-4,10-11,15-16H2,1H3,(H,25,28)(H,26,29)/t20-/m0/s1. The third kappa shape index (κ3) is 4.51. The molecular formula is C24H29N3O2. The van der Waals surface area contributed by atoms with E-state index in [0.29, 0.717) is 6.04 Å². The van der Waals surface area contributed by atoms with E-state index in [-0.39, 0.29) is 18.2 Å². The summed E-state index contributed by atoms with van der Waals surface area (Å²) >= 11 is 0. The van der Waals surface area contributed by atoms with Crippen molar-refractivity contribution in [1.82, 2.24) is 4.90 Å². The summed E-state index contributed by atoms with van der Waals surface area (Å²) in [6.45, 7) is 0.808. The van der Waals surface area contributed by atoms with Crippen molar-refractivity contribution in [3.8, 4) is 0 Å². The molecule has 0 spiro atoms. The number of fused-ring (bicyclic) bond motifs is 1. The van der Waals surface area contributed by atoms with E-state index >= 15 is 0 Å². The van der Waals surface area contributed by atoms with E-state index in [0.717, 1.165) is 29.0 Å². The van der Waals surface area contributed by atoms with E-state index < -0.39 is 5.92 Å². The maximum Gasteiger partial charge on any atom is 0.232 e. The highest BCUT2D eigenvalue weighted by Gasteiger charge is 2.30. The number of carbonyl (C=O) groups excluding carboxylic acids is 2. The van der Waals surface area contributed by atoms with Crippen LogP contribution < -0.4 is 10.6 Å². The van der Waals surface area contributed by atoms with Gasteiger partial charge in [0.1, 0.15) is 0 Å². The van der Waals surface area contributed by atoms with Crippen LogP contribution in [0.1, 0.15) is 55.6 Å². The first-order valence-electron chi connectivity index (χ1n) is 10.6. The molecule has 5 nitrogen and oxygen atoms in total. The van der Waals surface area contributed by atoms with Crippen LogP contribution in [0, 0.1) is 0 Å². The summed E-state index contributed by atoms with van der Waals surface area (Å²) in [5, 5.41) is 5.96. The second kappa shape index (κ2) is 8.78. The summed E-state index contributed by atoms with van der Waals surface area (Å²) in [5.74, 6) is -0.710. The molecule has 1 heterocycles. The minimum absolute atomic E-state index is 0.117. The monoisotopic (exact) mass is 391 g/mol. The molecule has 2 aromatic carbocycles. The lowest BCUT2D eigenvalue weighted by atomic mass is 9.89. The van der Waals surface area contributed by atoms with Crippen LogP contribution in [-0.4, -0.2) is 29.8 Å². The number of nitrogens with one attached hydrogen (secondary N) is 2. The largest absolute Gasteiger partial charge is 0.326 e. The Kier molecular flexibility index (Phi) is 5.95. The predicted molar refractivity (Wildman–Crippen MR) is 116 cm³/mol. The number of anilines is 2. The van der Waals surface area contributed by atoms with Crippen molar-refractivity contribution in [3.63, 3.8) is 0 Å². The van der Waals surface area contributed by atoms with Crippen LogP contribution in [0.2, 0.25) is 0 Å². The molecule has 1 atom stereocenters. The lowest BCUT2D eigenvalue weighted by Crippen LogP contribution is -2.33. The van der Waals surface area contributed by atoms with Crippen molar-refractivity contribution in [2.75, 3.05) is 17.7 Å². The van der Waals surface area contributed by atoms with Gasteiger partial charge < -0.3 is 10.6 Å². The van der Waals surface area contributed by atoms with E-state index in [1.165, 1.54) is 32.1 Å². The molecule has 0 saturated heterocycles. The number of nitrogens with zero attached hydrogens (tertiary/aromatic N) is 1. The highest BCUT2D eigenvalue weighted by atomic mass is 16.2. The molecule has 1 saturated carbocycles. The summed E-state index contributed by atoms with van der Waals surface area (Å²) in [5.41, 5.74) is 3.56. The van der Waals surface area contributed by atoms with Gasteiger partial charge in [0.05, 0.1) is 5.92 Å². The van der Waals surface area contributed by atoms with E-state index in [4.69, 9.17) is 0 Å². The van der Waals surface area contributed by atoms with Crippen LogP contribution in [0.4, 0.5) is 11.4 Å². The normalized spacial score (nSPS) is 19.5. The molecule has 2 N–H and O–H groups in total. The van der Waals surface area contributed by atoms with Gasteiger partial charge >= 0.3 is 0 Å². The van der Waals surface area contributed by atoms with Gasteiger partial charge in [0.25, 0.3) is 0 Å². The van der Waals surface area contributed by atoms with Crippen LogP contribution in [0.3, 0.4) is 0 Å². The van der Waals surface area contributed by atoms with Crippen molar-refractivity contribution < 1.29 is 9.59 Å². The van der Waals surface area contributed by atoms with Gasteiger partial charge in [-0.1, -0.05) is 55.7 Å². The first-order valence-corrected chi connectivity index (χ1v) is 10.6. The van der Waals surface area contributed by atoms with Crippen LogP contribution in [-0.2, 0) is 16.1 Å². The maximum absolute atomic E-state index is 13.1. The van der Waals surface area contributed by atoms with Crippen LogP contribution in [0.25, 0.3) is 0 Å². The highest BCUT2D eigenvalue weighted by Crippen LogP contribution is 2.33. The molecule has 0 bridgehead atoms. The summed E-state index contributed by atoms with van der Waals surface area (Å²) in [4.78, 5) is 27.6. The van der Waals surface area contributed by atoms with E-state index in [1.54, 1.807) is 0 Å². The van der Waals surface area contributed by atoms with Gasteiger partial charge in [0.15, 0.2) is 0 Å². The molecular weight excluding hydrogens is 362 g/mol. The number of rotatable bonds is 5. The van der Waals surface area contributed by atoms with Gasteiger partial charge in [0.2, 0.25) is 11.8 Å². The first-order chi connectivity index (χ1) is 14.1. The predicted octanol–water partition coefficient (Wildman–Crippen LogP) is 4.52. The number of amides is 2. The topological polar surface area (TPSA) is 61.4 Å². The molecule has 1 aliphatic carbocycles. The number of hydrogen-bond donors (Lipinski definition) is 2. The maximum atomic E-state index is 13.1. The number of hydrogen-bond acceptors (Lipinski definition) is 3. The van der Waals surface area contributed by atoms with Crippen molar-refractivity contribution in [2.24, 2.45) is 0 Å². The summed E-state index contributed by atoms with van der Waals surface area (Å²) in [7, 11) is 2.18. The fraction of sp³-hybridized carbons (Fsp3) is 0.417. The quantitative estimate of drug-likeness (QED) is 0.788. The van der Waals surface area contributed by atoms with Crippen molar-refractivity contribution in [2.45, 2.75) is 57.0 Å². The average molecular weight is 392 g/mol. The molecule has 4 rings (SSSR count). The Labute approximate surface area is 172 Å². The van der Waals surface area contributed by atoms with Crippen molar-refractivity contribution >= 4 is 23.2 Å². The Morgan fingerprint density at radius 1 is 1.07 bits per heavy atom. The van der Waals surface area contributed by atoms with Gasteiger partial charge in [-0.15, -0.1) is 0 Å². The molecule has 0 aromatic heterocycles. The van der Waals surface area contributed by atoms with Gasteiger partial charge in [-0.3, -0.25) is 14.5 Å². The Hall–Kier alpha value is -2.66. The van der Waals surface area contributed by atoms with Crippen LogP contribution in [0.15, 0.2) is 48.5 Å². The molecule has 2 amide bonds. The van der Waals surface area contributed by atoms with Gasteiger partial charge in [-0.05, 0) is 43.1 Å². The molecule has 1 fully saturated rings. The second-order valence-corrected chi connectivity index (χ2v) is 8.25. The smallest absolute Gasteiger partial charge is 0.232 e. The number of benzene rings is 2. The zero-order valence-electron chi connectivity index (χ0n) is 17.0. The average Bonchev–Trinajstić information content (AvgIpc) is 2.75. The van der Waals surface area contributed by atoms with E-state index in [2.05, 4.69) is 28.6 Å². The zero-order valence-corrected chi connectivity index (χ0v) is 17.0. The van der Waals surface area contributed by atoms with Crippen molar-refractivity contribution in [3.05, 3.63) is 59.7 Å². The molecule has 0 unspecified atom stereocenters. The highest BCUT2D eigenvalue weighted by molar-refractivity contribution is 6.05. The van der Waals surface area contributed by atoms with Crippen LogP contribution in [0.5, 0.6) is 0 Å². The van der Waals surface area contributed by atoms with Gasteiger partial charge in [-0.25, -0.2) is 0 Å². The lowest BCUT2D eigenvalue weighted by Gasteiger charge is -2.32. The Morgan fingerprint density at radius 3 is 2.62 bits per heavy atom. The molecule has 2 aliphatic rings. The Bertz CT molecular complexity index is 889. The lowest BCUT2D eigenvalue weighted by molar-refractivity contribution is -0.123. The second-order valence-electron chi connectivity index (χ2n) is 8.25. The molecule has 152 valence electrons. The fourth-order valence-corrected chi connectivity index (χ4v) is 4.56. The Balaban J connectivity index is 1.50. The summed E-state index contributed by atoms with van der Waals surface area (Å²) in [6, 6.07) is 16.2. The summed E-state index contributed by atoms with van der Waals surface area (Å²) in [6.07, 6.45) is 6.62. The van der Waals surface area contributed by atoms with E-state index in [1.807, 2.05) is 42.5 Å². The zero-order chi connectivity index (χ0) is 20.2. The minimum atomic E-state index is -0.468. The van der Waals surface area contributed by atoms with Crippen molar-refractivity contribution in [1.29, 1.82) is 0 Å². The first kappa shape index (κ1) is 19.6. The molecule has 0 radical (unpaired) electrons. The molecule has 29 heavy (non-hydrogen) atoms. The third-order valence-electron chi connectivity index (χ3n) is 6.21. The third-order valence-corrected chi connectivity index (χ3v) is 6.21.